The molecule has 0 aromatic heterocycles. The molecule has 1 N–H and O–H groups in total. The number of halogens is 1. The van der Waals surface area contributed by atoms with E-state index in [1.807, 2.05) is 13.0 Å². The first kappa shape index (κ1) is 15.7. The molecule has 0 bridgehead atoms. The predicted molar refractivity (Wildman–Crippen MR) is 87.2 cm³/mol. The number of aryl methyl sites for hydroxylation is 3. The predicted octanol–water partition coefficient (Wildman–Crippen LogP) is 4.64. The van der Waals surface area contributed by atoms with Gasteiger partial charge in [-0.3, -0.25) is 0 Å². The number of rotatable bonds is 5. The standard InChI is InChI=1S/C19H24FN/c1-5-21-19(18-10-13(2)6-7-14(18)3)12-16-8-9-17(20)11-15(16)4/h6-11,19,21H,5,12H2,1-4H3. The lowest BCUT2D eigenvalue weighted by molar-refractivity contribution is 0.544. The van der Waals surface area contributed by atoms with Gasteiger partial charge in [-0.25, -0.2) is 4.39 Å². The smallest absolute Gasteiger partial charge is 0.123 e. The van der Waals surface area contributed by atoms with Crippen molar-refractivity contribution >= 4 is 0 Å². The highest BCUT2D eigenvalue weighted by atomic mass is 19.1. The van der Waals surface area contributed by atoms with Crippen molar-refractivity contribution in [3.05, 3.63) is 70.0 Å². The van der Waals surface area contributed by atoms with Crippen LogP contribution >= 0.6 is 0 Å². The van der Waals surface area contributed by atoms with Gasteiger partial charge in [-0.1, -0.05) is 36.8 Å². The molecule has 21 heavy (non-hydrogen) atoms. The molecule has 0 saturated heterocycles. The van der Waals surface area contributed by atoms with Gasteiger partial charge in [0.25, 0.3) is 0 Å². The van der Waals surface area contributed by atoms with Gasteiger partial charge in [0.2, 0.25) is 0 Å². The number of nitrogens with one attached hydrogen (secondary N) is 1. The van der Waals surface area contributed by atoms with Crippen LogP contribution in [0.15, 0.2) is 36.4 Å². The largest absolute Gasteiger partial charge is 0.310 e. The Balaban J connectivity index is 2.32. The van der Waals surface area contributed by atoms with Crippen molar-refractivity contribution in [1.82, 2.24) is 5.32 Å². The molecule has 0 saturated carbocycles. The van der Waals surface area contributed by atoms with E-state index >= 15 is 0 Å². The van der Waals surface area contributed by atoms with Crippen LogP contribution in [0.3, 0.4) is 0 Å². The molecule has 112 valence electrons. The first-order chi connectivity index (χ1) is 10.0. The van der Waals surface area contributed by atoms with Crippen LogP contribution in [0.1, 0.15) is 40.8 Å². The lowest BCUT2D eigenvalue weighted by Crippen LogP contribution is -2.24. The second-order valence-corrected chi connectivity index (χ2v) is 5.75. The van der Waals surface area contributed by atoms with E-state index < -0.39 is 0 Å². The Hall–Kier alpha value is -1.67. The summed E-state index contributed by atoms with van der Waals surface area (Å²) in [7, 11) is 0. The van der Waals surface area contributed by atoms with Crippen LogP contribution in [-0.2, 0) is 6.42 Å². The minimum Gasteiger partial charge on any atom is -0.310 e. The Bertz CT molecular complexity index is 619. The molecule has 2 aromatic rings. The fourth-order valence-corrected chi connectivity index (χ4v) is 2.78. The molecular weight excluding hydrogens is 261 g/mol. The van der Waals surface area contributed by atoms with Gasteiger partial charge in [-0.15, -0.1) is 0 Å². The maximum atomic E-state index is 13.3. The quantitative estimate of drug-likeness (QED) is 0.843. The van der Waals surface area contributed by atoms with Gasteiger partial charge in [0.1, 0.15) is 5.82 Å². The Morgan fingerprint density at radius 2 is 1.76 bits per heavy atom. The minimum atomic E-state index is -0.164. The monoisotopic (exact) mass is 285 g/mol. The lowest BCUT2D eigenvalue weighted by atomic mass is 9.92. The first-order valence-electron chi connectivity index (χ1n) is 7.56. The van der Waals surface area contributed by atoms with E-state index in [1.54, 1.807) is 12.1 Å². The summed E-state index contributed by atoms with van der Waals surface area (Å²) in [6, 6.07) is 11.9. The molecule has 0 heterocycles. The highest BCUT2D eigenvalue weighted by molar-refractivity contribution is 5.35. The third-order valence-electron chi connectivity index (χ3n) is 3.99. The van der Waals surface area contributed by atoms with E-state index in [2.05, 4.69) is 44.3 Å². The van der Waals surface area contributed by atoms with Crippen molar-refractivity contribution in [2.75, 3.05) is 6.54 Å². The van der Waals surface area contributed by atoms with Gasteiger partial charge < -0.3 is 5.32 Å². The average Bonchev–Trinajstić information content (AvgIpc) is 2.44. The molecule has 0 spiro atoms. The molecule has 1 atom stereocenters. The zero-order chi connectivity index (χ0) is 15.4. The second kappa shape index (κ2) is 6.86. The van der Waals surface area contributed by atoms with Gasteiger partial charge in [0.05, 0.1) is 0 Å². The van der Waals surface area contributed by atoms with Crippen molar-refractivity contribution in [1.29, 1.82) is 0 Å². The topological polar surface area (TPSA) is 12.0 Å². The molecule has 2 rings (SSSR count). The Labute approximate surface area is 127 Å². The molecule has 2 heteroatoms. The summed E-state index contributed by atoms with van der Waals surface area (Å²) in [6.07, 6.45) is 0.879. The fraction of sp³-hybridized carbons (Fsp3) is 0.368. The number of benzene rings is 2. The van der Waals surface area contributed by atoms with Crippen LogP contribution in [0, 0.1) is 26.6 Å². The summed E-state index contributed by atoms with van der Waals surface area (Å²) in [6.45, 7) is 9.28. The van der Waals surface area contributed by atoms with E-state index in [-0.39, 0.29) is 11.9 Å². The summed E-state index contributed by atoms with van der Waals surface area (Å²) in [5.74, 6) is -0.164. The highest BCUT2D eigenvalue weighted by Gasteiger charge is 2.15. The minimum absolute atomic E-state index is 0.164. The van der Waals surface area contributed by atoms with Crippen molar-refractivity contribution < 1.29 is 4.39 Å². The molecule has 0 aliphatic heterocycles. The molecule has 0 radical (unpaired) electrons. The van der Waals surface area contributed by atoms with E-state index in [9.17, 15) is 4.39 Å². The fourth-order valence-electron chi connectivity index (χ4n) is 2.78. The number of likely N-dealkylation sites (N-methyl/N-ethyl adjacent to an activating group) is 1. The van der Waals surface area contributed by atoms with Gasteiger partial charge in [0.15, 0.2) is 0 Å². The molecule has 0 aliphatic rings. The molecule has 2 aromatic carbocycles. The van der Waals surface area contributed by atoms with Crippen LogP contribution in [0.25, 0.3) is 0 Å². The van der Waals surface area contributed by atoms with Crippen LogP contribution < -0.4 is 5.32 Å². The highest BCUT2D eigenvalue weighted by Crippen LogP contribution is 2.24. The van der Waals surface area contributed by atoms with Crippen LogP contribution in [0.2, 0.25) is 0 Å². The first-order valence-corrected chi connectivity index (χ1v) is 7.56. The molecule has 1 unspecified atom stereocenters. The zero-order valence-electron chi connectivity index (χ0n) is 13.3. The van der Waals surface area contributed by atoms with Gasteiger partial charge >= 0.3 is 0 Å². The van der Waals surface area contributed by atoms with Gasteiger partial charge in [-0.05, 0) is 68.1 Å². The normalized spacial score (nSPS) is 12.4. The maximum Gasteiger partial charge on any atom is 0.123 e. The van der Waals surface area contributed by atoms with E-state index in [0.717, 1.165) is 18.5 Å². The molecule has 0 aliphatic carbocycles. The summed E-state index contributed by atoms with van der Waals surface area (Å²) in [4.78, 5) is 0. The maximum absolute atomic E-state index is 13.3. The van der Waals surface area contributed by atoms with Gasteiger partial charge in [0, 0.05) is 6.04 Å². The summed E-state index contributed by atoms with van der Waals surface area (Å²) in [5, 5.41) is 3.56. The zero-order valence-corrected chi connectivity index (χ0v) is 13.3. The van der Waals surface area contributed by atoms with Crippen molar-refractivity contribution in [2.24, 2.45) is 0 Å². The van der Waals surface area contributed by atoms with Crippen molar-refractivity contribution in [3.63, 3.8) is 0 Å². The third kappa shape index (κ3) is 3.92. The second-order valence-electron chi connectivity index (χ2n) is 5.75. The summed E-state index contributed by atoms with van der Waals surface area (Å²) < 4.78 is 13.3. The Kier molecular flexibility index (Phi) is 5.13. The van der Waals surface area contributed by atoms with E-state index in [0.29, 0.717) is 0 Å². The Morgan fingerprint density at radius 1 is 1.00 bits per heavy atom. The van der Waals surface area contributed by atoms with Crippen molar-refractivity contribution in [3.8, 4) is 0 Å². The molecule has 1 nitrogen and oxygen atoms in total. The summed E-state index contributed by atoms with van der Waals surface area (Å²) >= 11 is 0. The molecular formula is C19H24FN. The van der Waals surface area contributed by atoms with Crippen LogP contribution in [0.5, 0.6) is 0 Å². The van der Waals surface area contributed by atoms with Crippen LogP contribution in [-0.4, -0.2) is 6.54 Å². The van der Waals surface area contributed by atoms with Gasteiger partial charge in [-0.2, -0.15) is 0 Å². The number of hydrogen-bond donors (Lipinski definition) is 1. The van der Waals surface area contributed by atoms with Crippen LogP contribution in [0.4, 0.5) is 4.39 Å². The Morgan fingerprint density at radius 3 is 2.43 bits per heavy atom. The SMILES string of the molecule is CCNC(Cc1ccc(F)cc1C)c1cc(C)ccc1C. The van der Waals surface area contributed by atoms with E-state index in [1.165, 1.54) is 22.3 Å². The molecule has 0 fully saturated rings. The average molecular weight is 285 g/mol. The molecule has 0 amide bonds. The number of hydrogen-bond acceptors (Lipinski definition) is 1. The third-order valence-corrected chi connectivity index (χ3v) is 3.99. The van der Waals surface area contributed by atoms with Crippen molar-refractivity contribution in [2.45, 2.75) is 40.2 Å². The van der Waals surface area contributed by atoms with E-state index in [4.69, 9.17) is 0 Å². The summed E-state index contributed by atoms with van der Waals surface area (Å²) in [5.41, 5.74) is 6.12. The lowest BCUT2D eigenvalue weighted by Gasteiger charge is -2.22.